The van der Waals surface area contributed by atoms with Gasteiger partial charge >= 0.3 is 0 Å². The summed E-state index contributed by atoms with van der Waals surface area (Å²) in [6.07, 6.45) is 0. The monoisotopic (exact) mass is 368 g/mol. The smallest absolute Gasteiger partial charge is 0.282 e. The van der Waals surface area contributed by atoms with E-state index in [0.717, 1.165) is 16.8 Å². The van der Waals surface area contributed by atoms with Crippen molar-refractivity contribution in [3.8, 4) is 0 Å². The molecule has 0 radical (unpaired) electrons. The lowest BCUT2D eigenvalue weighted by molar-refractivity contribution is -0.120. The lowest BCUT2D eigenvalue weighted by Crippen LogP contribution is -2.33. The molecule has 2 amide bonds. The standard InChI is InChI=1S/C24H20N2O2/c1-16-9-8-13-19(15-16)25-22-21(18-11-4-3-5-12-18)23(27)26(24(22)28)20-14-7-6-10-17(20)2/h3-15,25H,1-2H3. The second-order valence-corrected chi connectivity index (χ2v) is 6.84. The van der Waals surface area contributed by atoms with Gasteiger partial charge in [-0.05, 0) is 48.7 Å². The summed E-state index contributed by atoms with van der Waals surface area (Å²) in [6.45, 7) is 3.88. The molecule has 4 nitrogen and oxygen atoms in total. The van der Waals surface area contributed by atoms with Crippen LogP contribution in [0.4, 0.5) is 11.4 Å². The molecule has 3 aromatic rings. The van der Waals surface area contributed by atoms with Crippen molar-refractivity contribution in [3.63, 3.8) is 0 Å². The van der Waals surface area contributed by atoms with Crippen LogP contribution in [-0.4, -0.2) is 11.8 Å². The molecule has 3 aromatic carbocycles. The molecule has 0 aliphatic carbocycles. The highest BCUT2D eigenvalue weighted by molar-refractivity contribution is 6.46. The van der Waals surface area contributed by atoms with E-state index in [-0.39, 0.29) is 11.8 Å². The summed E-state index contributed by atoms with van der Waals surface area (Å²) in [5.74, 6) is -0.666. The van der Waals surface area contributed by atoms with Gasteiger partial charge in [-0.2, -0.15) is 0 Å². The van der Waals surface area contributed by atoms with Crippen LogP contribution in [0.25, 0.3) is 5.57 Å². The van der Waals surface area contributed by atoms with E-state index >= 15 is 0 Å². The average molecular weight is 368 g/mol. The Morgan fingerprint density at radius 3 is 2.18 bits per heavy atom. The highest BCUT2D eigenvalue weighted by atomic mass is 16.2. The second-order valence-electron chi connectivity index (χ2n) is 6.84. The molecule has 0 saturated heterocycles. The molecular weight excluding hydrogens is 348 g/mol. The van der Waals surface area contributed by atoms with Crippen molar-refractivity contribution >= 4 is 28.8 Å². The van der Waals surface area contributed by atoms with E-state index in [1.807, 2.05) is 86.6 Å². The van der Waals surface area contributed by atoms with Crippen LogP contribution in [0.5, 0.6) is 0 Å². The number of anilines is 2. The van der Waals surface area contributed by atoms with Crippen LogP contribution in [0.3, 0.4) is 0 Å². The van der Waals surface area contributed by atoms with E-state index in [2.05, 4.69) is 5.32 Å². The van der Waals surface area contributed by atoms with Gasteiger partial charge in [0.1, 0.15) is 5.70 Å². The van der Waals surface area contributed by atoms with Crippen LogP contribution in [0.1, 0.15) is 16.7 Å². The molecule has 1 heterocycles. The van der Waals surface area contributed by atoms with Gasteiger partial charge in [-0.3, -0.25) is 9.59 Å². The van der Waals surface area contributed by atoms with Crippen LogP contribution >= 0.6 is 0 Å². The Hall–Kier alpha value is -3.66. The maximum Gasteiger partial charge on any atom is 0.282 e. The van der Waals surface area contributed by atoms with E-state index in [9.17, 15) is 9.59 Å². The molecule has 4 rings (SSSR count). The fraction of sp³-hybridized carbons (Fsp3) is 0.0833. The maximum absolute atomic E-state index is 13.3. The van der Waals surface area contributed by atoms with Crippen molar-refractivity contribution in [1.82, 2.24) is 0 Å². The Labute approximate surface area is 164 Å². The molecule has 28 heavy (non-hydrogen) atoms. The molecule has 0 atom stereocenters. The summed E-state index contributed by atoms with van der Waals surface area (Å²) in [5, 5.41) is 3.20. The minimum atomic E-state index is -0.348. The summed E-state index contributed by atoms with van der Waals surface area (Å²) in [4.78, 5) is 27.9. The zero-order chi connectivity index (χ0) is 19.7. The number of nitrogens with zero attached hydrogens (tertiary/aromatic N) is 1. The predicted molar refractivity (Wildman–Crippen MR) is 112 cm³/mol. The molecule has 1 aliphatic heterocycles. The van der Waals surface area contributed by atoms with Gasteiger partial charge in [-0.1, -0.05) is 60.7 Å². The first-order chi connectivity index (χ1) is 13.6. The number of amides is 2. The van der Waals surface area contributed by atoms with E-state index in [0.29, 0.717) is 22.5 Å². The van der Waals surface area contributed by atoms with Crippen molar-refractivity contribution in [2.45, 2.75) is 13.8 Å². The van der Waals surface area contributed by atoms with Crippen LogP contribution in [0, 0.1) is 13.8 Å². The normalized spacial score (nSPS) is 14.0. The van der Waals surface area contributed by atoms with Gasteiger partial charge in [0.05, 0.1) is 11.3 Å². The molecule has 4 heteroatoms. The molecule has 1 N–H and O–H groups in total. The SMILES string of the molecule is Cc1cccc(NC2=C(c3ccccc3)C(=O)N(c3ccccc3C)C2=O)c1. The molecule has 0 bridgehead atoms. The highest BCUT2D eigenvalue weighted by Gasteiger charge is 2.40. The van der Waals surface area contributed by atoms with Gasteiger partial charge < -0.3 is 5.32 Å². The van der Waals surface area contributed by atoms with Crippen molar-refractivity contribution in [2.75, 3.05) is 10.2 Å². The minimum Gasteiger partial charge on any atom is -0.350 e. The van der Waals surface area contributed by atoms with Gasteiger partial charge in [-0.15, -0.1) is 0 Å². The van der Waals surface area contributed by atoms with Gasteiger partial charge in [0.2, 0.25) is 0 Å². The molecule has 0 unspecified atom stereocenters. The molecule has 0 saturated carbocycles. The summed E-state index contributed by atoms with van der Waals surface area (Å²) in [5.41, 5.74) is 4.71. The first-order valence-corrected chi connectivity index (χ1v) is 9.14. The molecule has 0 aromatic heterocycles. The lowest BCUT2D eigenvalue weighted by Gasteiger charge is -2.17. The van der Waals surface area contributed by atoms with Crippen molar-refractivity contribution in [1.29, 1.82) is 0 Å². The van der Waals surface area contributed by atoms with Crippen LogP contribution < -0.4 is 10.2 Å². The average Bonchev–Trinajstić information content (AvgIpc) is 2.93. The number of nitrogens with one attached hydrogen (secondary N) is 1. The number of benzene rings is 3. The number of para-hydroxylation sites is 1. The van der Waals surface area contributed by atoms with Crippen molar-refractivity contribution < 1.29 is 9.59 Å². The van der Waals surface area contributed by atoms with Crippen molar-refractivity contribution in [3.05, 3.63) is 101 Å². The Morgan fingerprint density at radius 2 is 1.46 bits per heavy atom. The number of rotatable bonds is 4. The van der Waals surface area contributed by atoms with Crippen LogP contribution in [0.15, 0.2) is 84.6 Å². The molecule has 0 fully saturated rings. The topological polar surface area (TPSA) is 49.4 Å². The number of imide groups is 1. The van der Waals surface area contributed by atoms with Crippen molar-refractivity contribution in [2.24, 2.45) is 0 Å². The van der Waals surface area contributed by atoms with Gasteiger partial charge in [0, 0.05) is 5.69 Å². The summed E-state index contributed by atoms with van der Waals surface area (Å²) in [6, 6.07) is 24.4. The Bertz CT molecular complexity index is 1100. The summed E-state index contributed by atoms with van der Waals surface area (Å²) >= 11 is 0. The quantitative estimate of drug-likeness (QED) is 0.679. The Kier molecular flexibility index (Phi) is 4.53. The molecule has 138 valence electrons. The van der Waals surface area contributed by atoms with Gasteiger partial charge in [0.25, 0.3) is 11.8 Å². The highest BCUT2D eigenvalue weighted by Crippen LogP contribution is 2.34. The third kappa shape index (κ3) is 3.09. The van der Waals surface area contributed by atoms with E-state index < -0.39 is 0 Å². The zero-order valence-electron chi connectivity index (χ0n) is 15.8. The number of carbonyl (C=O) groups is 2. The summed E-state index contributed by atoms with van der Waals surface area (Å²) < 4.78 is 0. The van der Waals surface area contributed by atoms with E-state index in [1.54, 1.807) is 6.07 Å². The largest absolute Gasteiger partial charge is 0.350 e. The number of hydrogen-bond donors (Lipinski definition) is 1. The van der Waals surface area contributed by atoms with E-state index in [4.69, 9.17) is 0 Å². The lowest BCUT2D eigenvalue weighted by atomic mass is 10.0. The molecular formula is C24H20N2O2. The van der Waals surface area contributed by atoms with Crippen LogP contribution in [-0.2, 0) is 9.59 Å². The Balaban J connectivity index is 1.84. The second kappa shape index (κ2) is 7.16. The third-order valence-corrected chi connectivity index (χ3v) is 4.79. The predicted octanol–water partition coefficient (Wildman–Crippen LogP) is 4.70. The molecule has 1 aliphatic rings. The first-order valence-electron chi connectivity index (χ1n) is 9.14. The maximum atomic E-state index is 13.3. The minimum absolute atomic E-state index is 0.296. The fourth-order valence-corrected chi connectivity index (χ4v) is 3.42. The van der Waals surface area contributed by atoms with Gasteiger partial charge in [0.15, 0.2) is 0 Å². The third-order valence-electron chi connectivity index (χ3n) is 4.79. The number of hydrogen-bond acceptors (Lipinski definition) is 3. The van der Waals surface area contributed by atoms with Crippen LogP contribution in [0.2, 0.25) is 0 Å². The Morgan fingerprint density at radius 1 is 0.750 bits per heavy atom. The van der Waals surface area contributed by atoms with Gasteiger partial charge in [-0.25, -0.2) is 4.90 Å². The number of carbonyl (C=O) groups excluding carboxylic acids is 2. The zero-order valence-corrected chi connectivity index (χ0v) is 15.8. The van der Waals surface area contributed by atoms with E-state index in [1.165, 1.54) is 4.90 Å². The summed E-state index contributed by atoms with van der Waals surface area (Å²) in [7, 11) is 0. The fourth-order valence-electron chi connectivity index (χ4n) is 3.42. The first kappa shape index (κ1) is 17.7. The molecule has 0 spiro atoms. The number of aryl methyl sites for hydroxylation is 2.